The Balaban J connectivity index is 2.40. The van der Waals surface area contributed by atoms with Crippen molar-refractivity contribution in [1.82, 2.24) is 15.6 Å². The van der Waals surface area contributed by atoms with E-state index in [0.29, 0.717) is 13.1 Å². The Labute approximate surface area is 118 Å². The Morgan fingerprint density at radius 2 is 1.40 bits per heavy atom. The number of hydrogen-bond acceptors (Lipinski definition) is 7. The summed E-state index contributed by atoms with van der Waals surface area (Å²) < 4.78 is 0. The van der Waals surface area contributed by atoms with E-state index in [1.54, 1.807) is 6.20 Å². The highest BCUT2D eigenvalue weighted by molar-refractivity contribution is 5.14. The van der Waals surface area contributed by atoms with E-state index in [9.17, 15) is 0 Å². The average Bonchev–Trinajstić information content (AvgIpc) is 2.50. The van der Waals surface area contributed by atoms with Crippen LogP contribution in [0.3, 0.4) is 0 Å². The normalized spacial score (nSPS) is 11.5. The number of hydrogen-bond donors (Lipinski definition) is 6. The molecule has 20 heavy (non-hydrogen) atoms. The van der Waals surface area contributed by atoms with Gasteiger partial charge in [-0.2, -0.15) is 0 Å². The lowest BCUT2D eigenvalue weighted by Gasteiger charge is -2.14. The van der Waals surface area contributed by atoms with Gasteiger partial charge in [0.05, 0.1) is 44.2 Å². The fourth-order valence-corrected chi connectivity index (χ4v) is 1.55. The van der Waals surface area contributed by atoms with Gasteiger partial charge in [0.1, 0.15) is 0 Å². The highest BCUT2D eigenvalue weighted by Crippen LogP contribution is 2.01. The van der Waals surface area contributed by atoms with E-state index in [4.69, 9.17) is 20.4 Å². The fraction of sp³-hybridized carbons (Fsp3) is 0.615. The molecular formula is C13H23N3O4. The van der Waals surface area contributed by atoms with Gasteiger partial charge in [-0.3, -0.25) is 4.98 Å². The monoisotopic (exact) mass is 285 g/mol. The second kappa shape index (κ2) is 9.76. The summed E-state index contributed by atoms with van der Waals surface area (Å²) in [7, 11) is 0. The zero-order chi connectivity index (χ0) is 14.8. The van der Waals surface area contributed by atoms with E-state index in [2.05, 4.69) is 15.6 Å². The van der Waals surface area contributed by atoms with Crippen molar-refractivity contribution in [3.05, 3.63) is 29.6 Å². The van der Waals surface area contributed by atoms with Gasteiger partial charge in [0.2, 0.25) is 0 Å². The molecule has 1 rings (SSSR count). The van der Waals surface area contributed by atoms with Crippen LogP contribution < -0.4 is 10.6 Å². The minimum atomic E-state index is -0.340. The molecule has 0 saturated carbocycles. The maximum absolute atomic E-state index is 8.93. The number of rotatable bonds is 10. The number of nitrogens with zero attached hydrogens (tertiary/aromatic N) is 1. The third-order valence-electron chi connectivity index (χ3n) is 2.93. The largest absolute Gasteiger partial charge is 0.395 e. The molecule has 0 aliphatic rings. The number of nitrogens with one attached hydrogen (secondary N) is 2. The van der Waals surface area contributed by atoms with Gasteiger partial charge < -0.3 is 31.1 Å². The van der Waals surface area contributed by atoms with E-state index in [1.807, 2.05) is 12.1 Å². The molecule has 0 fully saturated rings. The molecule has 7 nitrogen and oxygen atoms in total. The maximum atomic E-state index is 8.93. The van der Waals surface area contributed by atoms with E-state index in [1.165, 1.54) is 0 Å². The van der Waals surface area contributed by atoms with Gasteiger partial charge in [-0.05, 0) is 11.6 Å². The van der Waals surface area contributed by atoms with Crippen LogP contribution in [-0.4, -0.2) is 63.9 Å². The van der Waals surface area contributed by atoms with Gasteiger partial charge in [0.25, 0.3) is 0 Å². The van der Waals surface area contributed by atoms with Gasteiger partial charge in [-0.25, -0.2) is 0 Å². The SMILES string of the molecule is OCC(CO)NCc1ccc(CNC(CO)CO)nc1. The van der Waals surface area contributed by atoms with Crippen molar-refractivity contribution in [2.45, 2.75) is 25.2 Å². The lowest BCUT2D eigenvalue weighted by atomic mass is 10.2. The Morgan fingerprint density at radius 3 is 1.85 bits per heavy atom. The molecular weight excluding hydrogens is 262 g/mol. The Kier molecular flexibility index (Phi) is 8.28. The Morgan fingerprint density at radius 1 is 0.850 bits per heavy atom. The summed E-state index contributed by atoms with van der Waals surface area (Å²) >= 11 is 0. The second-order valence-electron chi connectivity index (χ2n) is 4.54. The van der Waals surface area contributed by atoms with Crippen molar-refractivity contribution in [3.63, 3.8) is 0 Å². The van der Waals surface area contributed by atoms with E-state index in [0.717, 1.165) is 11.3 Å². The molecule has 0 aliphatic carbocycles. The lowest BCUT2D eigenvalue weighted by molar-refractivity contribution is 0.169. The Bertz CT molecular complexity index is 318. The number of pyridine rings is 1. The molecule has 1 heterocycles. The first-order valence-electron chi connectivity index (χ1n) is 6.57. The first-order chi connectivity index (χ1) is 9.73. The average molecular weight is 285 g/mol. The summed E-state index contributed by atoms with van der Waals surface area (Å²) in [6.45, 7) is 0.507. The minimum absolute atomic E-state index is 0.115. The lowest BCUT2D eigenvalue weighted by Crippen LogP contribution is -2.35. The van der Waals surface area contributed by atoms with E-state index < -0.39 is 0 Å². The van der Waals surface area contributed by atoms with Crippen molar-refractivity contribution in [2.75, 3.05) is 26.4 Å². The van der Waals surface area contributed by atoms with Crippen LogP contribution in [-0.2, 0) is 13.1 Å². The predicted molar refractivity (Wildman–Crippen MR) is 73.8 cm³/mol. The molecule has 6 N–H and O–H groups in total. The fourth-order valence-electron chi connectivity index (χ4n) is 1.55. The van der Waals surface area contributed by atoms with Crippen LogP contribution in [0.4, 0.5) is 0 Å². The number of aliphatic hydroxyl groups excluding tert-OH is 4. The predicted octanol–water partition coefficient (Wildman–Crippen LogP) is -2.03. The van der Waals surface area contributed by atoms with Gasteiger partial charge in [-0.15, -0.1) is 0 Å². The van der Waals surface area contributed by atoms with Gasteiger partial charge in [0.15, 0.2) is 0 Å². The van der Waals surface area contributed by atoms with E-state index in [-0.39, 0.29) is 38.5 Å². The molecule has 7 heteroatoms. The minimum Gasteiger partial charge on any atom is -0.395 e. The summed E-state index contributed by atoms with van der Waals surface area (Å²) in [5.41, 5.74) is 1.75. The first kappa shape index (κ1) is 17.0. The van der Waals surface area contributed by atoms with Gasteiger partial charge >= 0.3 is 0 Å². The molecule has 0 atom stereocenters. The van der Waals surface area contributed by atoms with E-state index >= 15 is 0 Å². The summed E-state index contributed by atoms with van der Waals surface area (Å²) in [5.74, 6) is 0. The molecule has 0 amide bonds. The summed E-state index contributed by atoms with van der Waals surface area (Å²) in [6, 6.07) is 3.08. The molecule has 0 aromatic carbocycles. The smallest absolute Gasteiger partial charge is 0.0607 e. The summed E-state index contributed by atoms with van der Waals surface area (Å²) in [5, 5.41) is 41.7. The van der Waals surface area contributed by atoms with Crippen LogP contribution in [0.15, 0.2) is 18.3 Å². The zero-order valence-corrected chi connectivity index (χ0v) is 11.4. The van der Waals surface area contributed by atoms with Crippen molar-refractivity contribution in [2.24, 2.45) is 0 Å². The highest BCUT2D eigenvalue weighted by atomic mass is 16.3. The molecule has 0 saturated heterocycles. The van der Waals surface area contributed by atoms with Gasteiger partial charge in [0, 0.05) is 19.3 Å². The molecule has 0 aliphatic heterocycles. The number of aliphatic hydroxyl groups is 4. The quantitative estimate of drug-likeness (QED) is 0.293. The van der Waals surface area contributed by atoms with Gasteiger partial charge in [-0.1, -0.05) is 6.07 Å². The molecule has 1 aromatic rings. The molecule has 114 valence electrons. The van der Waals surface area contributed by atoms with Crippen LogP contribution in [0.1, 0.15) is 11.3 Å². The van der Waals surface area contributed by atoms with Crippen LogP contribution in [0, 0.1) is 0 Å². The summed E-state index contributed by atoms with van der Waals surface area (Å²) in [4.78, 5) is 4.26. The highest BCUT2D eigenvalue weighted by Gasteiger charge is 2.06. The van der Waals surface area contributed by atoms with Crippen LogP contribution in [0.25, 0.3) is 0 Å². The molecule has 0 radical (unpaired) electrons. The van der Waals surface area contributed by atoms with Crippen LogP contribution in [0.2, 0.25) is 0 Å². The van der Waals surface area contributed by atoms with Crippen LogP contribution in [0.5, 0.6) is 0 Å². The third kappa shape index (κ3) is 5.91. The summed E-state index contributed by atoms with van der Waals surface area (Å²) in [6.07, 6.45) is 1.71. The maximum Gasteiger partial charge on any atom is 0.0607 e. The number of aromatic nitrogens is 1. The first-order valence-corrected chi connectivity index (χ1v) is 6.57. The Hall–Kier alpha value is -1.09. The van der Waals surface area contributed by atoms with Crippen molar-refractivity contribution < 1.29 is 20.4 Å². The molecule has 1 aromatic heterocycles. The standard InChI is InChI=1S/C13H23N3O4/c17-6-12(7-18)15-4-10-1-2-11(14-3-10)5-16-13(8-19)9-20/h1-3,12-13,15-20H,4-9H2. The van der Waals surface area contributed by atoms with Crippen molar-refractivity contribution >= 4 is 0 Å². The topological polar surface area (TPSA) is 118 Å². The van der Waals surface area contributed by atoms with Crippen molar-refractivity contribution in [3.8, 4) is 0 Å². The van der Waals surface area contributed by atoms with Crippen LogP contribution >= 0.6 is 0 Å². The molecule has 0 bridgehead atoms. The molecule has 0 spiro atoms. The molecule has 0 unspecified atom stereocenters. The van der Waals surface area contributed by atoms with Crippen molar-refractivity contribution in [1.29, 1.82) is 0 Å². The second-order valence-corrected chi connectivity index (χ2v) is 4.54. The zero-order valence-electron chi connectivity index (χ0n) is 11.4. The third-order valence-corrected chi connectivity index (χ3v) is 2.93.